The molecule has 0 spiro atoms. The van der Waals surface area contributed by atoms with Crippen LogP contribution in [0.25, 0.3) is 0 Å². The smallest absolute Gasteiger partial charge is 0.151 e. The summed E-state index contributed by atoms with van der Waals surface area (Å²) < 4.78 is 37.3. The number of nitrogens with two attached hydrogens (primary N) is 1. The molecule has 3 N–H and O–H groups in total. The average Bonchev–Trinajstić information content (AvgIpc) is 2.14. The van der Waals surface area contributed by atoms with E-state index in [1.807, 2.05) is 0 Å². The number of anilines is 2. The van der Waals surface area contributed by atoms with Crippen LogP contribution in [0.5, 0.6) is 0 Å². The van der Waals surface area contributed by atoms with Crippen LogP contribution in [-0.2, 0) is 10.8 Å². The predicted molar refractivity (Wildman–Crippen MR) is 62.8 cm³/mol. The fourth-order valence-corrected chi connectivity index (χ4v) is 1.80. The van der Waals surface area contributed by atoms with Crippen molar-refractivity contribution in [2.24, 2.45) is 0 Å². The third-order valence-electron chi connectivity index (χ3n) is 1.97. The second-order valence-corrected chi connectivity index (χ2v) is 4.97. The van der Waals surface area contributed by atoms with Crippen molar-refractivity contribution in [2.75, 3.05) is 29.6 Å². The molecule has 16 heavy (non-hydrogen) atoms. The van der Waals surface area contributed by atoms with E-state index in [0.717, 1.165) is 12.1 Å². The van der Waals surface area contributed by atoms with Gasteiger partial charge >= 0.3 is 0 Å². The van der Waals surface area contributed by atoms with Gasteiger partial charge < -0.3 is 11.1 Å². The van der Waals surface area contributed by atoms with Crippen LogP contribution < -0.4 is 11.1 Å². The minimum Gasteiger partial charge on any atom is -0.399 e. The van der Waals surface area contributed by atoms with E-state index in [1.165, 1.54) is 0 Å². The molecule has 0 bridgehead atoms. The Labute approximate surface area is 95.5 Å². The summed E-state index contributed by atoms with van der Waals surface area (Å²) in [7, 11) is -0.885. The van der Waals surface area contributed by atoms with E-state index in [0.29, 0.717) is 18.7 Å². The Morgan fingerprint density at radius 1 is 1.38 bits per heavy atom. The summed E-state index contributed by atoms with van der Waals surface area (Å²) in [6.45, 7) is 0.372. The second kappa shape index (κ2) is 5.79. The fraction of sp³-hybridized carbons (Fsp3) is 0.400. The van der Waals surface area contributed by atoms with Gasteiger partial charge in [0.15, 0.2) is 11.6 Å². The third-order valence-corrected chi connectivity index (χ3v) is 2.84. The van der Waals surface area contributed by atoms with Gasteiger partial charge in [0.2, 0.25) is 0 Å². The zero-order valence-electron chi connectivity index (χ0n) is 8.93. The molecule has 0 amide bonds. The molecule has 0 heterocycles. The number of nitrogens with one attached hydrogen (secondary N) is 1. The Morgan fingerprint density at radius 2 is 1.94 bits per heavy atom. The van der Waals surface area contributed by atoms with Crippen molar-refractivity contribution in [3.8, 4) is 0 Å². The van der Waals surface area contributed by atoms with Crippen molar-refractivity contribution in [3.05, 3.63) is 23.8 Å². The van der Waals surface area contributed by atoms with E-state index < -0.39 is 22.4 Å². The summed E-state index contributed by atoms with van der Waals surface area (Å²) in [5.74, 6) is -0.921. The molecule has 3 nitrogen and oxygen atoms in total. The Hall–Kier alpha value is -1.17. The van der Waals surface area contributed by atoms with Crippen molar-refractivity contribution in [2.45, 2.75) is 6.42 Å². The standard InChI is InChI=1S/C10H14F2N2OS/c1-16(15)4-2-3-14-10-8(11)5-7(13)6-9(10)12/h5-6,14H,2-4,13H2,1H3. The first-order valence-electron chi connectivity index (χ1n) is 4.79. The highest BCUT2D eigenvalue weighted by molar-refractivity contribution is 7.84. The molecule has 0 radical (unpaired) electrons. The van der Waals surface area contributed by atoms with Gasteiger partial charge in [-0.3, -0.25) is 4.21 Å². The van der Waals surface area contributed by atoms with E-state index in [-0.39, 0.29) is 11.4 Å². The number of hydrogen-bond acceptors (Lipinski definition) is 3. The van der Waals surface area contributed by atoms with Gasteiger partial charge in [0.25, 0.3) is 0 Å². The summed E-state index contributed by atoms with van der Waals surface area (Å²) >= 11 is 0. The largest absolute Gasteiger partial charge is 0.399 e. The molecular formula is C10H14F2N2OS. The third kappa shape index (κ3) is 3.77. The maximum absolute atomic E-state index is 13.3. The van der Waals surface area contributed by atoms with Gasteiger partial charge in [-0.25, -0.2) is 8.78 Å². The predicted octanol–water partition coefficient (Wildman–Crippen LogP) is 1.73. The van der Waals surface area contributed by atoms with Gasteiger partial charge in [-0.1, -0.05) is 0 Å². The molecule has 0 aliphatic rings. The van der Waals surface area contributed by atoms with Crippen LogP contribution in [0.1, 0.15) is 6.42 Å². The quantitative estimate of drug-likeness (QED) is 0.616. The molecule has 0 aliphatic carbocycles. The van der Waals surface area contributed by atoms with Crippen LogP contribution in [0.2, 0.25) is 0 Å². The maximum Gasteiger partial charge on any atom is 0.151 e. The Morgan fingerprint density at radius 3 is 2.44 bits per heavy atom. The summed E-state index contributed by atoms with van der Waals surface area (Å²) in [5, 5.41) is 2.62. The number of benzene rings is 1. The average molecular weight is 248 g/mol. The van der Waals surface area contributed by atoms with Gasteiger partial charge in [-0.05, 0) is 18.6 Å². The molecule has 1 aromatic carbocycles. The molecule has 6 heteroatoms. The maximum atomic E-state index is 13.3. The molecule has 1 aromatic rings. The molecule has 90 valence electrons. The van der Waals surface area contributed by atoms with Crippen LogP contribution in [0.3, 0.4) is 0 Å². The molecule has 0 saturated heterocycles. The lowest BCUT2D eigenvalue weighted by Crippen LogP contribution is -2.09. The molecule has 1 rings (SSSR count). The lowest BCUT2D eigenvalue weighted by molar-refractivity contribution is 0.589. The molecule has 1 atom stereocenters. The Bertz CT molecular complexity index is 375. The van der Waals surface area contributed by atoms with Gasteiger partial charge in [-0.15, -0.1) is 0 Å². The van der Waals surface area contributed by atoms with Crippen LogP contribution >= 0.6 is 0 Å². The summed E-state index contributed by atoms with van der Waals surface area (Å²) in [6, 6.07) is 2.12. The van der Waals surface area contributed by atoms with Gasteiger partial charge in [0, 0.05) is 35.0 Å². The van der Waals surface area contributed by atoms with Crippen molar-refractivity contribution < 1.29 is 13.0 Å². The highest BCUT2D eigenvalue weighted by atomic mass is 32.2. The van der Waals surface area contributed by atoms with Crippen LogP contribution in [0, 0.1) is 11.6 Å². The summed E-state index contributed by atoms with van der Waals surface area (Å²) in [5.41, 5.74) is 5.14. The first-order valence-corrected chi connectivity index (χ1v) is 6.52. The molecule has 0 saturated carbocycles. The van der Waals surface area contributed by atoms with Crippen molar-refractivity contribution in [1.29, 1.82) is 0 Å². The molecule has 1 unspecified atom stereocenters. The molecular weight excluding hydrogens is 234 g/mol. The first-order chi connectivity index (χ1) is 7.50. The lowest BCUT2D eigenvalue weighted by atomic mass is 10.2. The van der Waals surface area contributed by atoms with Gasteiger partial charge in [0.05, 0.1) is 0 Å². The molecule has 0 aromatic heterocycles. The minimum absolute atomic E-state index is 0.0511. The highest BCUT2D eigenvalue weighted by Crippen LogP contribution is 2.21. The van der Waals surface area contributed by atoms with E-state index in [2.05, 4.69) is 5.32 Å². The lowest BCUT2D eigenvalue weighted by Gasteiger charge is -2.08. The zero-order valence-corrected chi connectivity index (χ0v) is 9.74. The number of halogens is 2. The number of rotatable bonds is 5. The van der Waals surface area contributed by atoms with Crippen LogP contribution in [0.15, 0.2) is 12.1 Å². The van der Waals surface area contributed by atoms with E-state index in [1.54, 1.807) is 6.26 Å². The first kappa shape index (κ1) is 12.9. The second-order valence-electron chi connectivity index (χ2n) is 3.42. The Kier molecular flexibility index (Phi) is 4.67. The zero-order chi connectivity index (χ0) is 12.1. The normalized spacial score (nSPS) is 12.4. The van der Waals surface area contributed by atoms with Crippen molar-refractivity contribution in [3.63, 3.8) is 0 Å². The van der Waals surface area contributed by atoms with Crippen molar-refractivity contribution in [1.82, 2.24) is 0 Å². The summed E-state index contributed by atoms with van der Waals surface area (Å²) in [4.78, 5) is 0. The summed E-state index contributed by atoms with van der Waals surface area (Å²) in [6.07, 6.45) is 2.18. The van der Waals surface area contributed by atoms with Gasteiger partial charge in [-0.2, -0.15) is 0 Å². The minimum atomic E-state index is -0.885. The molecule has 0 fully saturated rings. The van der Waals surface area contributed by atoms with E-state index in [4.69, 9.17) is 5.73 Å². The number of hydrogen-bond donors (Lipinski definition) is 2. The van der Waals surface area contributed by atoms with Crippen LogP contribution in [0.4, 0.5) is 20.2 Å². The topological polar surface area (TPSA) is 55.1 Å². The van der Waals surface area contributed by atoms with Crippen LogP contribution in [-0.4, -0.2) is 22.8 Å². The van der Waals surface area contributed by atoms with E-state index >= 15 is 0 Å². The fourth-order valence-electron chi connectivity index (χ4n) is 1.25. The highest BCUT2D eigenvalue weighted by Gasteiger charge is 2.09. The Balaban J connectivity index is 2.57. The monoisotopic (exact) mass is 248 g/mol. The van der Waals surface area contributed by atoms with Gasteiger partial charge in [0.1, 0.15) is 5.69 Å². The van der Waals surface area contributed by atoms with E-state index in [9.17, 15) is 13.0 Å². The number of nitrogen functional groups attached to an aromatic ring is 1. The van der Waals surface area contributed by atoms with Crippen molar-refractivity contribution >= 4 is 22.2 Å². The SMILES string of the molecule is CS(=O)CCCNc1c(F)cc(N)cc1F. The molecule has 0 aliphatic heterocycles.